The molecule has 0 unspecified atom stereocenters. The fourth-order valence-corrected chi connectivity index (χ4v) is 2.43. The van der Waals surface area contributed by atoms with Gasteiger partial charge in [0.2, 0.25) is 5.79 Å². The minimum atomic E-state index is -1.32. The quantitative estimate of drug-likeness (QED) is 0.527. The SMILES string of the molecule is CC#CC#C/C=C1/O[C@@]2(CC[C@@H](OC(C)=O)CO2)[C@H](O)[C@H]1O. The Hall–Kier alpha value is -1.99. The first-order chi connectivity index (χ1) is 10.5. The van der Waals surface area contributed by atoms with E-state index < -0.39 is 18.0 Å². The van der Waals surface area contributed by atoms with Gasteiger partial charge in [-0.3, -0.25) is 4.79 Å². The lowest BCUT2D eigenvalue weighted by Crippen LogP contribution is -2.50. The fourth-order valence-electron chi connectivity index (χ4n) is 2.43. The molecule has 2 fully saturated rings. The highest BCUT2D eigenvalue weighted by atomic mass is 16.7. The Balaban J connectivity index is 2.06. The molecule has 0 amide bonds. The largest absolute Gasteiger partial charge is 0.460 e. The number of aliphatic hydroxyl groups excluding tert-OH is 2. The molecule has 0 bridgehead atoms. The molecule has 0 radical (unpaired) electrons. The summed E-state index contributed by atoms with van der Waals surface area (Å²) in [6.45, 7) is 3.09. The highest BCUT2D eigenvalue weighted by Crippen LogP contribution is 2.41. The summed E-state index contributed by atoms with van der Waals surface area (Å²) in [5.41, 5.74) is 0. The van der Waals surface area contributed by atoms with E-state index in [1.54, 1.807) is 6.92 Å². The zero-order valence-corrected chi connectivity index (χ0v) is 12.5. The highest BCUT2D eigenvalue weighted by Gasteiger charge is 2.55. The predicted molar refractivity (Wildman–Crippen MR) is 75.9 cm³/mol. The van der Waals surface area contributed by atoms with Crippen LogP contribution in [0.4, 0.5) is 0 Å². The minimum absolute atomic E-state index is 0.101. The van der Waals surface area contributed by atoms with E-state index in [-0.39, 0.29) is 24.4 Å². The van der Waals surface area contributed by atoms with Crippen molar-refractivity contribution in [3.05, 3.63) is 11.8 Å². The summed E-state index contributed by atoms with van der Waals surface area (Å²) in [7, 11) is 0. The number of hydrogen-bond donors (Lipinski definition) is 2. The van der Waals surface area contributed by atoms with Gasteiger partial charge in [-0.1, -0.05) is 11.8 Å². The number of esters is 1. The van der Waals surface area contributed by atoms with Crippen LogP contribution in [-0.4, -0.2) is 46.9 Å². The van der Waals surface area contributed by atoms with Crippen molar-refractivity contribution in [3.63, 3.8) is 0 Å². The Morgan fingerprint density at radius 3 is 2.82 bits per heavy atom. The van der Waals surface area contributed by atoms with Crippen LogP contribution < -0.4 is 0 Å². The third-order valence-corrected chi connectivity index (χ3v) is 3.47. The fraction of sp³-hybridized carbons (Fsp3) is 0.562. The lowest BCUT2D eigenvalue weighted by atomic mass is 9.97. The van der Waals surface area contributed by atoms with Gasteiger partial charge in [0.15, 0.2) is 6.10 Å². The maximum Gasteiger partial charge on any atom is 0.302 e. The molecule has 0 aromatic carbocycles. The molecule has 2 aliphatic rings. The number of carbonyl (C=O) groups is 1. The van der Waals surface area contributed by atoms with Crippen LogP contribution in [0.3, 0.4) is 0 Å². The van der Waals surface area contributed by atoms with Crippen molar-refractivity contribution in [1.82, 2.24) is 0 Å². The molecule has 2 aliphatic heterocycles. The van der Waals surface area contributed by atoms with E-state index in [0.717, 1.165) is 0 Å². The van der Waals surface area contributed by atoms with Gasteiger partial charge in [-0.05, 0) is 25.2 Å². The second kappa shape index (κ2) is 6.85. The van der Waals surface area contributed by atoms with Crippen LogP contribution >= 0.6 is 0 Å². The Morgan fingerprint density at radius 2 is 2.23 bits per heavy atom. The molecule has 0 aromatic rings. The average molecular weight is 306 g/mol. The van der Waals surface area contributed by atoms with Crippen molar-refractivity contribution in [2.45, 2.75) is 50.8 Å². The summed E-state index contributed by atoms with van der Waals surface area (Å²) >= 11 is 0. The lowest BCUT2D eigenvalue weighted by molar-refractivity contribution is -0.274. The first-order valence-electron chi connectivity index (χ1n) is 6.97. The first-order valence-corrected chi connectivity index (χ1v) is 6.97. The third-order valence-electron chi connectivity index (χ3n) is 3.47. The molecule has 2 rings (SSSR count). The minimum Gasteiger partial charge on any atom is -0.460 e. The van der Waals surface area contributed by atoms with Gasteiger partial charge in [-0.2, -0.15) is 0 Å². The van der Waals surface area contributed by atoms with Crippen LogP contribution in [0.5, 0.6) is 0 Å². The summed E-state index contributed by atoms with van der Waals surface area (Å²) in [4.78, 5) is 10.9. The summed E-state index contributed by atoms with van der Waals surface area (Å²) in [5, 5.41) is 20.2. The Bertz CT molecular complexity index is 577. The van der Waals surface area contributed by atoms with Gasteiger partial charge < -0.3 is 24.4 Å². The van der Waals surface area contributed by atoms with Crippen LogP contribution in [0.25, 0.3) is 0 Å². The van der Waals surface area contributed by atoms with Crippen LogP contribution in [0.15, 0.2) is 11.8 Å². The van der Waals surface area contributed by atoms with Gasteiger partial charge in [0.25, 0.3) is 0 Å². The van der Waals surface area contributed by atoms with E-state index in [4.69, 9.17) is 14.2 Å². The molecule has 4 atom stereocenters. The van der Waals surface area contributed by atoms with Gasteiger partial charge in [0.05, 0.1) is 6.61 Å². The standard InChI is InChI=1S/C16H18O6/c1-3-4-5-6-7-13-14(18)15(19)16(22-13)9-8-12(10-20-16)21-11(2)17/h7,12,14-15,18-19H,8-10H2,1-2H3/b13-7+/t12-,14+,15-,16+/m1/s1. The monoisotopic (exact) mass is 306 g/mol. The Labute approximate surface area is 129 Å². The van der Waals surface area contributed by atoms with Crippen LogP contribution in [0.2, 0.25) is 0 Å². The van der Waals surface area contributed by atoms with Gasteiger partial charge >= 0.3 is 5.97 Å². The molecule has 1 spiro atoms. The average Bonchev–Trinajstić information content (AvgIpc) is 2.71. The summed E-state index contributed by atoms with van der Waals surface area (Å²) in [6, 6.07) is 0. The topological polar surface area (TPSA) is 85.2 Å². The summed E-state index contributed by atoms with van der Waals surface area (Å²) in [6.07, 6.45) is -0.671. The van der Waals surface area contributed by atoms with Crippen LogP contribution in [0.1, 0.15) is 26.7 Å². The van der Waals surface area contributed by atoms with Crippen molar-refractivity contribution in [2.75, 3.05) is 6.61 Å². The Kier molecular flexibility index (Phi) is 5.10. The molecular weight excluding hydrogens is 288 g/mol. The molecular formula is C16H18O6. The molecule has 6 nitrogen and oxygen atoms in total. The van der Waals surface area contributed by atoms with E-state index in [0.29, 0.717) is 12.8 Å². The van der Waals surface area contributed by atoms with E-state index in [1.165, 1.54) is 13.0 Å². The Morgan fingerprint density at radius 1 is 1.45 bits per heavy atom. The van der Waals surface area contributed by atoms with Gasteiger partial charge in [0, 0.05) is 19.4 Å². The smallest absolute Gasteiger partial charge is 0.302 e. The molecule has 6 heteroatoms. The lowest BCUT2D eigenvalue weighted by Gasteiger charge is -2.37. The highest BCUT2D eigenvalue weighted by molar-refractivity contribution is 5.66. The third kappa shape index (κ3) is 3.42. The molecule has 22 heavy (non-hydrogen) atoms. The molecule has 2 saturated heterocycles. The number of hydrogen-bond acceptors (Lipinski definition) is 6. The molecule has 0 aromatic heterocycles. The van der Waals surface area contributed by atoms with E-state index in [1.807, 2.05) is 0 Å². The molecule has 118 valence electrons. The number of aliphatic hydroxyl groups is 2. The number of allylic oxidation sites excluding steroid dienone is 1. The van der Waals surface area contributed by atoms with Crippen molar-refractivity contribution < 1.29 is 29.2 Å². The van der Waals surface area contributed by atoms with Gasteiger partial charge in [0.1, 0.15) is 18.0 Å². The summed E-state index contributed by atoms with van der Waals surface area (Å²) < 4.78 is 16.2. The van der Waals surface area contributed by atoms with E-state index >= 15 is 0 Å². The molecule has 0 saturated carbocycles. The number of carbonyl (C=O) groups excluding carboxylic acids is 1. The van der Waals surface area contributed by atoms with Gasteiger partial charge in [-0.25, -0.2) is 0 Å². The van der Waals surface area contributed by atoms with Gasteiger partial charge in [-0.15, -0.1) is 0 Å². The zero-order chi connectivity index (χ0) is 16.2. The normalized spacial score (nSPS) is 35.1. The molecule has 2 heterocycles. The second-order valence-electron chi connectivity index (χ2n) is 5.08. The van der Waals surface area contributed by atoms with Crippen molar-refractivity contribution in [1.29, 1.82) is 0 Å². The second-order valence-corrected chi connectivity index (χ2v) is 5.08. The summed E-state index contributed by atoms with van der Waals surface area (Å²) in [5.74, 6) is 8.80. The maximum absolute atomic E-state index is 10.9. The molecule has 0 aliphatic carbocycles. The number of rotatable bonds is 1. The maximum atomic E-state index is 10.9. The first kappa shape index (κ1) is 16.4. The van der Waals surface area contributed by atoms with E-state index in [2.05, 4.69) is 23.7 Å². The van der Waals surface area contributed by atoms with E-state index in [9.17, 15) is 15.0 Å². The molecule has 2 N–H and O–H groups in total. The van der Waals surface area contributed by atoms with Crippen molar-refractivity contribution in [2.24, 2.45) is 0 Å². The predicted octanol–water partition coefficient (Wildman–Crippen LogP) is 0.0874. The zero-order valence-electron chi connectivity index (χ0n) is 12.5. The van der Waals surface area contributed by atoms with Crippen molar-refractivity contribution in [3.8, 4) is 23.7 Å². The van der Waals surface area contributed by atoms with Crippen molar-refractivity contribution >= 4 is 5.97 Å². The van der Waals surface area contributed by atoms with Crippen LogP contribution in [0, 0.1) is 23.7 Å². The van der Waals surface area contributed by atoms with Crippen LogP contribution in [-0.2, 0) is 19.0 Å². The number of ether oxygens (including phenoxy) is 3.